The van der Waals surface area contributed by atoms with E-state index in [0.29, 0.717) is 18.3 Å². The number of aliphatic hydroxyl groups is 1. The van der Waals surface area contributed by atoms with Gasteiger partial charge < -0.3 is 15.2 Å². The largest absolute Gasteiger partial charge is 0.481 e. The van der Waals surface area contributed by atoms with E-state index in [-0.39, 0.29) is 0 Å². The molecule has 0 saturated carbocycles. The van der Waals surface area contributed by atoms with Crippen molar-refractivity contribution in [3.63, 3.8) is 0 Å². The molecule has 2 N–H and O–H groups in total. The summed E-state index contributed by atoms with van der Waals surface area (Å²) in [4.78, 5) is 4.11. The lowest BCUT2D eigenvalue weighted by Gasteiger charge is -2.14. The zero-order chi connectivity index (χ0) is 15.2. The highest BCUT2D eigenvalue weighted by Crippen LogP contribution is 2.19. The summed E-state index contributed by atoms with van der Waals surface area (Å²) in [6, 6.07) is 11.8. The highest BCUT2D eigenvalue weighted by molar-refractivity contribution is 5.42. The Hall–Kier alpha value is -2.07. The van der Waals surface area contributed by atoms with E-state index in [0.717, 1.165) is 11.3 Å². The van der Waals surface area contributed by atoms with Gasteiger partial charge in [0.15, 0.2) is 0 Å². The van der Waals surface area contributed by atoms with Crippen LogP contribution in [0.4, 0.5) is 5.69 Å². The Morgan fingerprint density at radius 3 is 2.29 bits per heavy atom. The van der Waals surface area contributed by atoms with E-state index in [9.17, 15) is 5.11 Å². The van der Waals surface area contributed by atoms with Crippen molar-refractivity contribution in [2.24, 2.45) is 0 Å². The van der Waals surface area contributed by atoms with Crippen molar-refractivity contribution in [1.29, 1.82) is 0 Å². The number of rotatable bonds is 6. The molecular weight excluding hydrogens is 264 g/mol. The van der Waals surface area contributed by atoms with Crippen LogP contribution in [0.15, 0.2) is 42.6 Å². The van der Waals surface area contributed by atoms with E-state index in [1.54, 1.807) is 19.4 Å². The van der Waals surface area contributed by atoms with Gasteiger partial charge in [-0.3, -0.25) is 0 Å². The van der Waals surface area contributed by atoms with Crippen LogP contribution in [-0.2, 0) is 0 Å². The second-order valence-electron chi connectivity index (χ2n) is 5.31. The van der Waals surface area contributed by atoms with Gasteiger partial charge in [0, 0.05) is 12.6 Å². The molecule has 4 nitrogen and oxygen atoms in total. The van der Waals surface area contributed by atoms with Gasteiger partial charge in [0.25, 0.3) is 0 Å². The Balaban J connectivity index is 1.92. The molecule has 1 aromatic carbocycles. The summed E-state index contributed by atoms with van der Waals surface area (Å²) in [7, 11) is 1.58. The number of benzene rings is 1. The lowest BCUT2D eigenvalue weighted by Crippen LogP contribution is -2.12. The van der Waals surface area contributed by atoms with E-state index < -0.39 is 6.10 Å². The fourth-order valence-electron chi connectivity index (χ4n) is 2.04. The summed E-state index contributed by atoms with van der Waals surface area (Å²) in [5, 5.41) is 13.4. The molecule has 1 aromatic heterocycles. The SMILES string of the molecule is COc1ccc(NCC(O)c2ccc(C(C)C)cc2)cn1. The molecule has 0 spiro atoms. The quantitative estimate of drug-likeness (QED) is 0.855. The maximum absolute atomic E-state index is 10.2. The number of hydrogen-bond acceptors (Lipinski definition) is 4. The van der Waals surface area contributed by atoms with Gasteiger partial charge in [-0.25, -0.2) is 4.98 Å². The lowest BCUT2D eigenvalue weighted by molar-refractivity contribution is 0.191. The minimum absolute atomic E-state index is 0.440. The third-order valence-electron chi connectivity index (χ3n) is 3.43. The van der Waals surface area contributed by atoms with Gasteiger partial charge in [-0.2, -0.15) is 0 Å². The van der Waals surface area contributed by atoms with Crippen molar-refractivity contribution in [1.82, 2.24) is 4.98 Å². The molecule has 1 atom stereocenters. The van der Waals surface area contributed by atoms with Crippen molar-refractivity contribution >= 4 is 5.69 Å². The number of methoxy groups -OCH3 is 1. The Labute approximate surface area is 125 Å². The molecular formula is C17H22N2O2. The second-order valence-corrected chi connectivity index (χ2v) is 5.31. The van der Waals surface area contributed by atoms with Gasteiger partial charge in [0.1, 0.15) is 0 Å². The topological polar surface area (TPSA) is 54.4 Å². The van der Waals surface area contributed by atoms with Crippen molar-refractivity contribution < 1.29 is 9.84 Å². The van der Waals surface area contributed by atoms with Gasteiger partial charge in [-0.15, -0.1) is 0 Å². The minimum Gasteiger partial charge on any atom is -0.481 e. The fraction of sp³-hybridized carbons (Fsp3) is 0.353. The zero-order valence-electron chi connectivity index (χ0n) is 12.7. The van der Waals surface area contributed by atoms with E-state index in [1.165, 1.54) is 5.56 Å². The molecule has 2 rings (SSSR count). The molecule has 0 aliphatic rings. The predicted octanol–water partition coefficient (Wildman–Crippen LogP) is 3.36. The van der Waals surface area contributed by atoms with Crippen LogP contribution in [0.25, 0.3) is 0 Å². The fourth-order valence-corrected chi connectivity index (χ4v) is 2.04. The number of ether oxygens (including phenoxy) is 1. The molecule has 4 heteroatoms. The van der Waals surface area contributed by atoms with Crippen LogP contribution >= 0.6 is 0 Å². The second kappa shape index (κ2) is 7.09. The summed E-state index contributed by atoms with van der Waals surface area (Å²) in [6.45, 7) is 4.75. The molecule has 0 fully saturated rings. The molecule has 21 heavy (non-hydrogen) atoms. The average molecular weight is 286 g/mol. The smallest absolute Gasteiger partial charge is 0.213 e. The molecule has 0 saturated heterocycles. The zero-order valence-corrected chi connectivity index (χ0v) is 12.7. The minimum atomic E-state index is -0.548. The summed E-state index contributed by atoms with van der Waals surface area (Å²) in [6.07, 6.45) is 1.14. The molecule has 112 valence electrons. The first-order valence-electron chi connectivity index (χ1n) is 7.12. The van der Waals surface area contributed by atoms with Crippen LogP contribution in [0.1, 0.15) is 37.0 Å². The predicted molar refractivity (Wildman–Crippen MR) is 84.8 cm³/mol. The van der Waals surface area contributed by atoms with Crippen LogP contribution < -0.4 is 10.1 Å². The van der Waals surface area contributed by atoms with Crippen molar-refractivity contribution in [2.45, 2.75) is 25.9 Å². The van der Waals surface area contributed by atoms with E-state index in [1.807, 2.05) is 18.2 Å². The number of aromatic nitrogens is 1. The highest BCUT2D eigenvalue weighted by atomic mass is 16.5. The first kappa shape index (κ1) is 15.3. The number of hydrogen-bond donors (Lipinski definition) is 2. The van der Waals surface area contributed by atoms with Crippen LogP contribution in [0.2, 0.25) is 0 Å². The highest BCUT2D eigenvalue weighted by Gasteiger charge is 2.08. The van der Waals surface area contributed by atoms with Crippen molar-refractivity contribution in [3.05, 3.63) is 53.7 Å². The third-order valence-corrected chi connectivity index (χ3v) is 3.43. The summed E-state index contributed by atoms with van der Waals surface area (Å²) < 4.78 is 5.01. The normalized spacial score (nSPS) is 12.2. The Morgan fingerprint density at radius 1 is 1.10 bits per heavy atom. The van der Waals surface area contributed by atoms with E-state index >= 15 is 0 Å². The van der Waals surface area contributed by atoms with Crippen LogP contribution in [0, 0.1) is 0 Å². The standard InChI is InChI=1S/C17H22N2O2/c1-12(2)13-4-6-14(7-5-13)16(20)11-18-15-8-9-17(21-3)19-10-15/h4-10,12,16,18,20H,11H2,1-3H3. The maximum Gasteiger partial charge on any atom is 0.213 e. The Morgan fingerprint density at radius 2 is 1.76 bits per heavy atom. The van der Waals surface area contributed by atoms with E-state index in [2.05, 4.69) is 36.3 Å². The molecule has 0 aliphatic carbocycles. The van der Waals surface area contributed by atoms with Gasteiger partial charge in [-0.1, -0.05) is 38.1 Å². The molecule has 0 aliphatic heterocycles. The first-order chi connectivity index (χ1) is 10.1. The summed E-state index contributed by atoms with van der Waals surface area (Å²) in [5.74, 6) is 1.07. The lowest BCUT2D eigenvalue weighted by atomic mass is 10.00. The number of aliphatic hydroxyl groups excluding tert-OH is 1. The van der Waals surface area contributed by atoms with Crippen molar-refractivity contribution in [3.8, 4) is 5.88 Å². The van der Waals surface area contributed by atoms with Gasteiger partial charge in [-0.05, 0) is 23.1 Å². The van der Waals surface area contributed by atoms with Crippen LogP contribution in [0.3, 0.4) is 0 Å². The molecule has 0 bridgehead atoms. The number of nitrogens with zero attached hydrogens (tertiary/aromatic N) is 1. The van der Waals surface area contributed by atoms with Crippen molar-refractivity contribution in [2.75, 3.05) is 19.0 Å². The van der Waals surface area contributed by atoms with Crippen LogP contribution in [0.5, 0.6) is 5.88 Å². The molecule has 0 radical (unpaired) electrons. The molecule has 0 amide bonds. The molecule has 1 heterocycles. The molecule has 1 unspecified atom stereocenters. The summed E-state index contributed by atoms with van der Waals surface area (Å²) >= 11 is 0. The number of nitrogens with one attached hydrogen (secondary N) is 1. The number of pyridine rings is 1. The average Bonchev–Trinajstić information content (AvgIpc) is 2.53. The maximum atomic E-state index is 10.2. The summed E-state index contributed by atoms with van der Waals surface area (Å²) in [5.41, 5.74) is 3.04. The van der Waals surface area contributed by atoms with E-state index in [4.69, 9.17) is 4.74 Å². The Kier molecular flexibility index (Phi) is 5.17. The third kappa shape index (κ3) is 4.20. The monoisotopic (exact) mass is 286 g/mol. The van der Waals surface area contributed by atoms with Gasteiger partial charge in [0.2, 0.25) is 5.88 Å². The van der Waals surface area contributed by atoms with Gasteiger partial charge in [0.05, 0.1) is 25.1 Å². The van der Waals surface area contributed by atoms with Crippen LogP contribution in [-0.4, -0.2) is 23.7 Å². The van der Waals surface area contributed by atoms with Gasteiger partial charge >= 0.3 is 0 Å². The number of anilines is 1. The Bertz CT molecular complexity index is 550. The first-order valence-corrected chi connectivity index (χ1v) is 7.12. The molecule has 2 aromatic rings.